The third-order valence-corrected chi connectivity index (χ3v) is 1.99. The standard InChI is InChI=1S/C7H15N3/c1-6(2)10-4-3-7(5-10)9-8/h6H,3-5,8H2,1-2H3. The Bertz CT molecular complexity index is 140. The summed E-state index contributed by atoms with van der Waals surface area (Å²) in [6, 6.07) is 0.624. The van der Waals surface area contributed by atoms with Crippen molar-refractivity contribution in [2.45, 2.75) is 26.3 Å². The van der Waals surface area contributed by atoms with E-state index in [2.05, 4.69) is 23.8 Å². The van der Waals surface area contributed by atoms with E-state index in [1.165, 1.54) is 0 Å². The van der Waals surface area contributed by atoms with Gasteiger partial charge in [0.15, 0.2) is 0 Å². The summed E-state index contributed by atoms with van der Waals surface area (Å²) in [5.41, 5.74) is 1.13. The smallest absolute Gasteiger partial charge is 0.0528 e. The van der Waals surface area contributed by atoms with Crippen molar-refractivity contribution in [1.29, 1.82) is 0 Å². The molecule has 0 saturated carbocycles. The number of rotatable bonds is 1. The third-order valence-electron chi connectivity index (χ3n) is 1.99. The second-order valence-corrected chi connectivity index (χ2v) is 3.01. The monoisotopic (exact) mass is 141 g/mol. The minimum atomic E-state index is 0.624. The van der Waals surface area contributed by atoms with Gasteiger partial charge >= 0.3 is 0 Å². The maximum atomic E-state index is 5.16. The summed E-state index contributed by atoms with van der Waals surface area (Å²) in [7, 11) is 0. The molecule has 1 aliphatic rings. The highest BCUT2D eigenvalue weighted by molar-refractivity contribution is 5.88. The van der Waals surface area contributed by atoms with Crippen LogP contribution in [0.3, 0.4) is 0 Å². The van der Waals surface area contributed by atoms with E-state index < -0.39 is 0 Å². The Morgan fingerprint density at radius 3 is 2.60 bits per heavy atom. The molecule has 1 aliphatic heterocycles. The predicted octanol–water partition coefficient (Wildman–Crippen LogP) is 0.415. The maximum absolute atomic E-state index is 5.16. The van der Waals surface area contributed by atoms with Crippen LogP contribution in [-0.4, -0.2) is 29.7 Å². The van der Waals surface area contributed by atoms with Crippen LogP contribution in [-0.2, 0) is 0 Å². The minimum Gasteiger partial charge on any atom is -0.323 e. The Labute approximate surface area is 61.9 Å². The van der Waals surface area contributed by atoms with Gasteiger partial charge in [-0.1, -0.05) is 0 Å². The van der Waals surface area contributed by atoms with Crippen LogP contribution in [0.1, 0.15) is 20.3 Å². The summed E-state index contributed by atoms with van der Waals surface area (Å²) in [6.45, 7) is 6.47. The molecule has 1 fully saturated rings. The van der Waals surface area contributed by atoms with Gasteiger partial charge in [0.25, 0.3) is 0 Å². The molecule has 1 saturated heterocycles. The maximum Gasteiger partial charge on any atom is 0.0528 e. The molecule has 0 spiro atoms. The lowest BCUT2D eigenvalue weighted by molar-refractivity contribution is 0.284. The molecule has 10 heavy (non-hydrogen) atoms. The molecule has 0 bridgehead atoms. The molecule has 0 aromatic rings. The fraction of sp³-hybridized carbons (Fsp3) is 0.857. The Kier molecular flexibility index (Phi) is 2.27. The normalized spacial score (nSPS) is 24.9. The Balaban J connectivity index is 2.43. The quantitative estimate of drug-likeness (QED) is 0.424. The van der Waals surface area contributed by atoms with E-state index in [9.17, 15) is 0 Å². The molecule has 1 rings (SSSR count). The average molecular weight is 141 g/mol. The lowest BCUT2D eigenvalue weighted by atomic mass is 10.3. The van der Waals surface area contributed by atoms with Gasteiger partial charge in [0.1, 0.15) is 0 Å². The van der Waals surface area contributed by atoms with Gasteiger partial charge in [-0.05, 0) is 13.8 Å². The van der Waals surface area contributed by atoms with Crippen molar-refractivity contribution in [2.75, 3.05) is 13.1 Å². The summed E-state index contributed by atoms with van der Waals surface area (Å²) in [5, 5.41) is 3.70. The van der Waals surface area contributed by atoms with Crippen molar-refractivity contribution in [2.24, 2.45) is 10.9 Å². The van der Waals surface area contributed by atoms with Crippen molar-refractivity contribution >= 4 is 5.71 Å². The largest absolute Gasteiger partial charge is 0.323 e. The van der Waals surface area contributed by atoms with E-state index in [0.717, 1.165) is 25.2 Å². The molecule has 0 aromatic heterocycles. The molecule has 0 amide bonds. The van der Waals surface area contributed by atoms with Crippen molar-refractivity contribution in [3.8, 4) is 0 Å². The van der Waals surface area contributed by atoms with Crippen molar-refractivity contribution in [3.63, 3.8) is 0 Å². The topological polar surface area (TPSA) is 41.6 Å². The first-order valence-electron chi connectivity index (χ1n) is 3.73. The molecule has 0 unspecified atom stereocenters. The molecule has 3 heteroatoms. The number of nitrogens with zero attached hydrogens (tertiary/aromatic N) is 2. The first-order chi connectivity index (χ1) is 4.74. The lowest BCUT2D eigenvalue weighted by Gasteiger charge is -2.17. The van der Waals surface area contributed by atoms with Crippen LogP contribution < -0.4 is 5.84 Å². The molecule has 0 aromatic carbocycles. The highest BCUT2D eigenvalue weighted by atomic mass is 15.2. The average Bonchev–Trinajstić information content (AvgIpc) is 2.34. The summed E-state index contributed by atoms with van der Waals surface area (Å²) in [4.78, 5) is 2.37. The summed E-state index contributed by atoms with van der Waals surface area (Å²) < 4.78 is 0. The zero-order valence-electron chi connectivity index (χ0n) is 6.67. The van der Waals surface area contributed by atoms with Gasteiger partial charge in [-0.3, -0.25) is 4.90 Å². The van der Waals surface area contributed by atoms with Crippen LogP contribution >= 0.6 is 0 Å². The number of nitrogens with two attached hydrogens (primary N) is 1. The second-order valence-electron chi connectivity index (χ2n) is 3.01. The van der Waals surface area contributed by atoms with Crippen molar-refractivity contribution in [3.05, 3.63) is 0 Å². The van der Waals surface area contributed by atoms with Gasteiger partial charge in [-0.15, -0.1) is 0 Å². The minimum absolute atomic E-state index is 0.624. The van der Waals surface area contributed by atoms with Gasteiger partial charge in [-0.25, -0.2) is 0 Å². The van der Waals surface area contributed by atoms with Gasteiger partial charge in [0.05, 0.1) is 5.71 Å². The second kappa shape index (κ2) is 3.01. The predicted molar refractivity (Wildman–Crippen MR) is 42.9 cm³/mol. The molecule has 0 aliphatic carbocycles. The van der Waals surface area contributed by atoms with Gasteiger partial charge in [0.2, 0.25) is 0 Å². The van der Waals surface area contributed by atoms with Crippen LogP contribution in [0.5, 0.6) is 0 Å². The molecular weight excluding hydrogens is 126 g/mol. The highest BCUT2D eigenvalue weighted by Crippen LogP contribution is 2.08. The molecule has 1 heterocycles. The van der Waals surface area contributed by atoms with Crippen LogP contribution in [0.2, 0.25) is 0 Å². The number of hydrazone groups is 1. The third kappa shape index (κ3) is 1.48. The van der Waals surface area contributed by atoms with Crippen molar-refractivity contribution < 1.29 is 0 Å². The van der Waals surface area contributed by atoms with Crippen LogP contribution in [0.4, 0.5) is 0 Å². The zero-order valence-corrected chi connectivity index (χ0v) is 6.67. The van der Waals surface area contributed by atoms with E-state index in [-0.39, 0.29) is 0 Å². The molecule has 58 valence electrons. The van der Waals surface area contributed by atoms with Gasteiger partial charge < -0.3 is 5.84 Å². The Hall–Kier alpha value is -0.570. The fourth-order valence-electron chi connectivity index (χ4n) is 1.21. The molecule has 0 radical (unpaired) electrons. The summed E-state index contributed by atoms with van der Waals surface area (Å²) in [6.07, 6.45) is 1.05. The van der Waals surface area contributed by atoms with Crippen LogP contribution in [0.15, 0.2) is 5.10 Å². The van der Waals surface area contributed by atoms with Crippen LogP contribution in [0.25, 0.3) is 0 Å². The van der Waals surface area contributed by atoms with E-state index in [4.69, 9.17) is 5.84 Å². The number of hydrogen-bond donors (Lipinski definition) is 1. The zero-order chi connectivity index (χ0) is 7.56. The summed E-state index contributed by atoms with van der Waals surface area (Å²) >= 11 is 0. The van der Waals surface area contributed by atoms with Gasteiger partial charge in [-0.2, -0.15) is 5.10 Å². The Morgan fingerprint density at radius 1 is 1.60 bits per heavy atom. The van der Waals surface area contributed by atoms with E-state index in [0.29, 0.717) is 6.04 Å². The molecule has 0 atom stereocenters. The van der Waals surface area contributed by atoms with E-state index in [1.54, 1.807) is 0 Å². The highest BCUT2D eigenvalue weighted by Gasteiger charge is 2.19. The SMILES string of the molecule is CC(C)N1CCC(=NN)C1. The van der Waals surface area contributed by atoms with Crippen molar-refractivity contribution in [1.82, 2.24) is 4.90 Å². The van der Waals surface area contributed by atoms with E-state index >= 15 is 0 Å². The molecular formula is C7H15N3. The molecule has 2 N–H and O–H groups in total. The fourth-order valence-corrected chi connectivity index (χ4v) is 1.21. The Morgan fingerprint density at radius 2 is 2.30 bits per heavy atom. The lowest BCUT2D eigenvalue weighted by Crippen LogP contribution is -2.28. The number of likely N-dealkylation sites (tertiary alicyclic amines) is 1. The first kappa shape index (κ1) is 7.54. The molecule has 3 nitrogen and oxygen atoms in total. The van der Waals surface area contributed by atoms with Gasteiger partial charge in [0, 0.05) is 25.6 Å². The van der Waals surface area contributed by atoms with E-state index in [1.807, 2.05) is 0 Å². The van der Waals surface area contributed by atoms with Crippen LogP contribution in [0, 0.1) is 0 Å². The number of hydrogen-bond acceptors (Lipinski definition) is 3. The summed E-state index contributed by atoms with van der Waals surface area (Å²) in [5.74, 6) is 5.16. The first-order valence-corrected chi connectivity index (χ1v) is 3.73.